The van der Waals surface area contributed by atoms with Crippen LogP contribution < -0.4 is 0 Å². The van der Waals surface area contributed by atoms with E-state index in [9.17, 15) is 4.79 Å². The van der Waals surface area contributed by atoms with Crippen LogP contribution in [0.25, 0.3) is 0 Å². The standard InChI is InChI=1S/C36H68O2/c1-3-5-7-9-11-12-13-14-15-16-17-18-19-21-24-28-32-35(31-27-23-20-10-8-6-4-2)33-29-25-22-26-30-34-36(37)38/h28,31-32H,3-27,29-30,33-34H2,1-2H3,(H,37,38). The van der Waals surface area contributed by atoms with Crippen LogP contribution in [0.4, 0.5) is 0 Å². The number of carboxylic acids is 1. The summed E-state index contributed by atoms with van der Waals surface area (Å²) in [5.41, 5.74) is 1.54. The van der Waals surface area contributed by atoms with E-state index in [2.05, 4.69) is 32.1 Å². The van der Waals surface area contributed by atoms with Crippen LogP contribution in [0, 0.1) is 0 Å². The minimum absolute atomic E-state index is 0.325. The molecule has 0 rings (SSSR count). The summed E-state index contributed by atoms with van der Waals surface area (Å²) in [4.78, 5) is 10.6. The molecule has 224 valence electrons. The quantitative estimate of drug-likeness (QED) is 0.0712. The Kier molecular flexibility index (Phi) is 31.3. The zero-order valence-electron chi connectivity index (χ0n) is 26.1. The zero-order chi connectivity index (χ0) is 27.8. The van der Waals surface area contributed by atoms with Gasteiger partial charge in [-0.3, -0.25) is 4.79 Å². The SMILES string of the molecule is CCCCCCCCC=C(C=CCCCCCCCCCCCCCCCC)CCCCCCCC(=O)O. The lowest BCUT2D eigenvalue weighted by Gasteiger charge is -2.05. The van der Waals surface area contributed by atoms with Crippen LogP contribution >= 0.6 is 0 Å². The Morgan fingerprint density at radius 1 is 0.474 bits per heavy atom. The van der Waals surface area contributed by atoms with Gasteiger partial charge in [-0.25, -0.2) is 0 Å². The summed E-state index contributed by atoms with van der Waals surface area (Å²) in [6.07, 6.45) is 45.0. The van der Waals surface area contributed by atoms with Gasteiger partial charge >= 0.3 is 5.97 Å². The molecule has 0 aromatic carbocycles. The molecule has 0 aromatic rings. The highest BCUT2D eigenvalue weighted by molar-refractivity contribution is 5.66. The van der Waals surface area contributed by atoms with Crippen LogP contribution in [-0.2, 0) is 4.79 Å². The summed E-state index contributed by atoms with van der Waals surface area (Å²) in [5, 5.41) is 8.77. The maximum absolute atomic E-state index is 10.6. The van der Waals surface area contributed by atoms with Crippen LogP contribution in [0.2, 0.25) is 0 Å². The van der Waals surface area contributed by atoms with Gasteiger partial charge in [0.05, 0.1) is 0 Å². The summed E-state index contributed by atoms with van der Waals surface area (Å²) in [5.74, 6) is -0.658. The minimum Gasteiger partial charge on any atom is -0.481 e. The molecule has 2 nitrogen and oxygen atoms in total. The number of allylic oxidation sites excluding steroid dienone is 4. The molecule has 0 unspecified atom stereocenters. The highest BCUT2D eigenvalue weighted by atomic mass is 16.4. The first kappa shape index (κ1) is 37.0. The molecule has 0 aliphatic rings. The van der Waals surface area contributed by atoms with Crippen LogP contribution in [0.5, 0.6) is 0 Å². The van der Waals surface area contributed by atoms with Gasteiger partial charge in [0.1, 0.15) is 0 Å². The molecule has 0 heterocycles. The van der Waals surface area contributed by atoms with E-state index in [0.29, 0.717) is 6.42 Å². The average Bonchev–Trinajstić information content (AvgIpc) is 2.91. The molecular formula is C36H68O2. The van der Waals surface area contributed by atoms with Crippen molar-refractivity contribution in [2.24, 2.45) is 0 Å². The Hall–Kier alpha value is -1.05. The van der Waals surface area contributed by atoms with Gasteiger partial charge in [0.2, 0.25) is 0 Å². The lowest BCUT2D eigenvalue weighted by atomic mass is 10.0. The summed E-state index contributed by atoms with van der Waals surface area (Å²) < 4.78 is 0. The molecule has 0 aromatic heterocycles. The second-order valence-electron chi connectivity index (χ2n) is 11.8. The Balaban J connectivity index is 3.92. The monoisotopic (exact) mass is 533 g/mol. The zero-order valence-corrected chi connectivity index (χ0v) is 26.1. The number of carbonyl (C=O) groups is 1. The van der Waals surface area contributed by atoms with Gasteiger partial charge in [-0.1, -0.05) is 172 Å². The van der Waals surface area contributed by atoms with Crippen molar-refractivity contribution < 1.29 is 9.90 Å². The molecular weight excluding hydrogens is 464 g/mol. The maximum Gasteiger partial charge on any atom is 0.303 e. The van der Waals surface area contributed by atoms with E-state index in [1.807, 2.05) is 0 Å². The highest BCUT2D eigenvalue weighted by Gasteiger charge is 1.99. The van der Waals surface area contributed by atoms with E-state index in [1.54, 1.807) is 0 Å². The average molecular weight is 533 g/mol. The van der Waals surface area contributed by atoms with Crippen molar-refractivity contribution in [2.75, 3.05) is 0 Å². The van der Waals surface area contributed by atoms with Crippen LogP contribution in [-0.4, -0.2) is 11.1 Å². The fourth-order valence-electron chi connectivity index (χ4n) is 5.29. The first-order valence-corrected chi connectivity index (χ1v) is 17.3. The van der Waals surface area contributed by atoms with Gasteiger partial charge in [-0.05, 0) is 44.9 Å². The summed E-state index contributed by atoms with van der Waals surface area (Å²) >= 11 is 0. The van der Waals surface area contributed by atoms with Crippen molar-refractivity contribution in [2.45, 2.75) is 200 Å². The second-order valence-corrected chi connectivity index (χ2v) is 11.8. The van der Waals surface area contributed by atoms with E-state index in [4.69, 9.17) is 5.11 Å². The van der Waals surface area contributed by atoms with E-state index in [-0.39, 0.29) is 0 Å². The summed E-state index contributed by atoms with van der Waals surface area (Å²) in [6, 6.07) is 0. The molecule has 0 aliphatic carbocycles. The fraction of sp³-hybridized carbons (Fsp3) is 0.861. The van der Waals surface area contributed by atoms with Crippen molar-refractivity contribution in [1.82, 2.24) is 0 Å². The molecule has 0 aliphatic heterocycles. The van der Waals surface area contributed by atoms with Crippen LogP contribution in [0.3, 0.4) is 0 Å². The normalized spacial score (nSPS) is 12.1. The second kappa shape index (κ2) is 32.2. The topological polar surface area (TPSA) is 37.3 Å². The van der Waals surface area contributed by atoms with Gasteiger partial charge in [-0.2, -0.15) is 0 Å². The third kappa shape index (κ3) is 31.2. The number of rotatable bonds is 31. The van der Waals surface area contributed by atoms with E-state index in [0.717, 1.165) is 12.8 Å². The predicted octanol–water partition coefficient (Wildman–Crippen LogP) is 12.9. The molecule has 0 fully saturated rings. The fourth-order valence-corrected chi connectivity index (χ4v) is 5.29. The number of hydrogen-bond acceptors (Lipinski definition) is 1. The highest BCUT2D eigenvalue weighted by Crippen LogP contribution is 2.17. The Bertz CT molecular complexity index is 533. The van der Waals surface area contributed by atoms with E-state index in [1.165, 1.54) is 173 Å². The first-order valence-electron chi connectivity index (χ1n) is 17.3. The van der Waals surface area contributed by atoms with E-state index >= 15 is 0 Å². The smallest absolute Gasteiger partial charge is 0.303 e. The number of unbranched alkanes of at least 4 members (excludes halogenated alkanes) is 24. The van der Waals surface area contributed by atoms with E-state index < -0.39 is 5.97 Å². The molecule has 0 bridgehead atoms. The van der Waals surface area contributed by atoms with Crippen molar-refractivity contribution in [3.8, 4) is 0 Å². The van der Waals surface area contributed by atoms with Crippen molar-refractivity contribution >= 4 is 5.97 Å². The van der Waals surface area contributed by atoms with Crippen LogP contribution in [0.1, 0.15) is 200 Å². The van der Waals surface area contributed by atoms with Gasteiger partial charge in [-0.15, -0.1) is 0 Å². The van der Waals surface area contributed by atoms with Crippen molar-refractivity contribution in [1.29, 1.82) is 0 Å². The Labute approximate surface area is 239 Å². The molecule has 0 amide bonds. The van der Waals surface area contributed by atoms with Crippen molar-refractivity contribution in [3.63, 3.8) is 0 Å². The Morgan fingerprint density at radius 2 is 0.842 bits per heavy atom. The molecule has 0 saturated carbocycles. The van der Waals surface area contributed by atoms with Gasteiger partial charge in [0, 0.05) is 6.42 Å². The molecule has 0 spiro atoms. The first-order chi connectivity index (χ1) is 18.7. The molecule has 0 atom stereocenters. The van der Waals surface area contributed by atoms with Gasteiger partial charge < -0.3 is 5.11 Å². The molecule has 38 heavy (non-hydrogen) atoms. The summed E-state index contributed by atoms with van der Waals surface area (Å²) in [7, 11) is 0. The third-order valence-electron chi connectivity index (χ3n) is 7.88. The molecule has 2 heteroatoms. The third-order valence-corrected chi connectivity index (χ3v) is 7.88. The molecule has 0 radical (unpaired) electrons. The lowest BCUT2D eigenvalue weighted by molar-refractivity contribution is -0.137. The lowest BCUT2D eigenvalue weighted by Crippen LogP contribution is -1.93. The number of aliphatic carboxylic acids is 1. The number of carboxylic acid groups (broad SMARTS) is 1. The van der Waals surface area contributed by atoms with Gasteiger partial charge in [0.15, 0.2) is 0 Å². The van der Waals surface area contributed by atoms with Gasteiger partial charge in [0.25, 0.3) is 0 Å². The Morgan fingerprint density at radius 3 is 1.29 bits per heavy atom. The number of hydrogen-bond donors (Lipinski definition) is 1. The minimum atomic E-state index is -0.658. The largest absolute Gasteiger partial charge is 0.481 e. The van der Waals surface area contributed by atoms with Crippen LogP contribution in [0.15, 0.2) is 23.8 Å². The molecule has 1 N–H and O–H groups in total. The van der Waals surface area contributed by atoms with Crippen molar-refractivity contribution in [3.05, 3.63) is 23.8 Å². The maximum atomic E-state index is 10.6. The summed E-state index contributed by atoms with van der Waals surface area (Å²) in [6.45, 7) is 4.58. The predicted molar refractivity (Wildman–Crippen MR) is 170 cm³/mol. The molecule has 0 saturated heterocycles.